The van der Waals surface area contributed by atoms with Gasteiger partial charge in [-0.1, -0.05) is 17.7 Å². The predicted molar refractivity (Wildman–Crippen MR) is 67.7 cm³/mol. The van der Waals surface area contributed by atoms with Crippen LogP contribution < -0.4 is 0 Å². The molecule has 0 heterocycles. The summed E-state index contributed by atoms with van der Waals surface area (Å²) in [6.45, 7) is 4.47. The summed E-state index contributed by atoms with van der Waals surface area (Å²) in [6, 6.07) is 4.72. The SMILES string of the molecule is CN(Cc1c(F)cccc1Cl)C(C)(C)CCl. The van der Waals surface area contributed by atoms with Gasteiger partial charge in [-0.2, -0.15) is 0 Å². The summed E-state index contributed by atoms with van der Waals surface area (Å²) in [6.07, 6.45) is 0. The third kappa shape index (κ3) is 3.09. The molecule has 0 unspecified atom stereocenters. The Labute approximate surface area is 106 Å². The summed E-state index contributed by atoms with van der Waals surface area (Å²) in [5.74, 6) is 0.208. The Morgan fingerprint density at radius 2 is 2.00 bits per heavy atom. The van der Waals surface area contributed by atoms with Crippen molar-refractivity contribution in [3.05, 3.63) is 34.6 Å². The third-order valence-corrected chi connectivity index (χ3v) is 3.83. The minimum absolute atomic E-state index is 0.187. The molecule has 1 aromatic carbocycles. The van der Waals surface area contributed by atoms with Crippen molar-refractivity contribution < 1.29 is 4.39 Å². The first-order chi connectivity index (χ1) is 7.38. The molecule has 0 radical (unpaired) electrons. The topological polar surface area (TPSA) is 3.24 Å². The smallest absolute Gasteiger partial charge is 0.129 e. The highest BCUT2D eigenvalue weighted by Crippen LogP contribution is 2.24. The summed E-state index contributed by atoms with van der Waals surface area (Å²) in [4.78, 5) is 1.99. The molecule has 0 atom stereocenters. The van der Waals surface area contributed by atoms with E-state index in [-0.39, 0.29) is 11.4 Å². The molecular weight excluding hydrogens is 248 g/mol. The average Bonchev–Trinajstić information content (AvgIpc) is 2.23. The highest BCUT2D eigenvalue weighted by Gasteiger charge is 2.23. The number of halogens is 3. The Morgan fingerprint density at radius 1 is 1.38 bits per heavy atom. The van der Waals surface area contributed by atoms with Crippen LogP contribution in [-0.2, 0) is 6.54 Å². The number of rotatable bonds is 4. The van der Waals surface area contributed by atoms with E-state index < -0.39 is 0 Å². The van der Waals surface area contributed by atoms with Crippen molar-refractivity contribution in [2.45, 2.75) is 25.9 Å². The van der Waals surface area contributed by atoms with Crippen molar-refractivity contribution >= 4 is 23.2 Å². The number of nitrogens with zero attached hydrogens (tertiary/aromatic N) is 1. The molecule has 0 saturated heterocycles. The van der Waals surface area contributed by atoms with Crippen molar-refractivity contribution in [3.63, 3.8) is 0 Å². The van der Waals surface area contributed by atoms with Crippen LogP contribution in [0.25, 0.3) is 0 Å². The average molecular weight is 264 g/mol. The van der Waals surface area contributed by atoms with Crippen LogP contribution in [0.5, 0.6) is 0 Å². The molecule has 0 spiro atoms. The van der Waals surface area contributed by atoms with Crippen molar-refractivity contribution in [1.82, 2.24) is 4.90 Å². The molecule has 1 nitrogen and oxygen atoms in total. The second kappa shape index (κ2) is 5.35. The van der Waals surface area contributed by atoms with Gasteiger partial charge < -0.3 is 0 Å². The van der Waals surface area contributed by atoms with E-state index >= 15 is 0 Å². The highest BCUT2D eigenvalue weighted by atomic mass is 35.5. The van der Waals surface area contributed by atoms with Gasteiger partial charge >= 0.3 is 0 Å². The molecule has 16 heavy (non-hydrogen) atoms. The van der Waals surface area contributed by atoms with Gasteiger partial charge in [0.05, 0.1) is 0 Å². The molecule has 1 rings (SSSR count). The van der Waals surface area contributed by atoms with E-state index in [2.05, 4.69) is 0 Å². The molecular formula is C12H16Cl2FN. The Hall–Kier alpha value is -0.310. The van der Waals surface area contributed by atoms with Gasteiger partial charge in [0.25, 0.3) is 0 Å². The third-order valence-electron chi connectivity index (χ3n) is 2.82. The van der Waals surface area contributed by atoms with E-state index in [4.69, 9.17) is 23.2 Å². The fraction of sp³-hybridized carbons (Fsp3) is 0.500. The van der Waals surface area contributed by atoms with Crippen LogP contribution in [0.3, 0.4) is 0 Å². The zero-order valence-corrected chi connectivity index (χ0v) is 11.2. The lowest BCUT2D eigenvalue weighted by Gasteiger charge is -2.34. The first kappa shape index (κ1) is 13.8. The van der Waals surface area contributed by atoms with Crippen LogP contribution in [0.15, 0.2) is 18.2 Å². The molecule has 90 valence electrons. The van der Waals surface area contributed by atoms with Crippen LogP contribution in [-0.4, -0.2) is 23.4 Å². The van der Waals surface area contributed by atoms with Crippen molar-refractivity contribution in [2.24, 2.45) is 0 Å². The molecule has 0 bridgehead atoms. The lowest BCUT2D eigenvalue weighted by atomic mass is 10.1. The highest BCUT2D eigenvalue weighted by molar-refractivity contribution is 6.31. The molecule has 1 aromatic rings. The molecule has 0 aliphatic heterocycles. The second-order valence-corrected chi connectivity index (χ2v) is 5.18. The monoisotopic (exact) mass is 263 g/mol. The number of hydrogen-bond donors (Lipinski definition) is 0. The number of benzene rings is 1. The lowest BCUT2D eigenvalue weighted by Crippen LogP contribution is -2.42. The Bertz CT molecular complexity index is 346. The van der Waals surface area contributed by atoms with Gasteiger partial charge in [-0.25, -0.2) is 4.39 Å². The maximum atomic E-state index is 13.6. The fourth-order valence-corrected chi connectivity index (χ4v) is 1.66. The molecule has 0 aliphatic carbocycles. The molecule has 0 fully saturated rings. The minimum atomic E-state index is -0.273. The maximum absolute atomic E-state index is 13.6. The molecule has 0 aliphatic rings. The molecule has 0 saturated carbocycles. The van der Waals surface area contributed by atoms with Crippen LogP contribution >= 0.6 is 23.2 Å². The zero-order valence-electron chi connectivity index (χ0n) is 9.73. The Balaban J connectivity index is 2.89. The second-order valence-electron chi connectivity index (χ2n) is 4.50. The van der Waals surface area contributed by atoms with Crippen molar-refractivity contribution in [2.75, 3.05) is 12.9 Å². The summed E-state index contributed by atoms with van der Waals surface area (Å²) in [5, 5.41) is 0.456. The predicted octanol–water partition coefficient (Wildman–Crippen LogP) is 3.93. The van der Waals surface area contributed by atoms with Gasteiger partial charge in [-0.3, -0.25) is 4.90 Å². The quantitative estimate of drug-likeness (QED) is 0.745. The molecule has 4 heteroatoms. The maximum Gasteiger partial charge on any atom is 0.129 e. The van der Waals surface area contributed by atoms with E-state index in [9.17, 15) is 4.39 Å². The fourth-order valence-electron chi connectivity index (χ4n) is 1.24. The van der Waals surface area contributed by atoms with E-state index in [1.54, 1.807) is 12.1 Å². The van der Waals surface area contributed by atoms with E-state index in [1.807, 2.05) is 25.8 Å². The van der Waals surface area contributed by atoms with Crippen molar-refractivity contribution in [3.8, 4) is 0 Å². The van der Waals surface area contributed by atoms with Gasteiger partial charge in [0.1, 0.15) is 5.82 Å². The van der Waals surface area contributed by atoms with E-state index in [1.165, 1.54) is 6.07 Å². The molecule has 0 amide bonds. The normalized spacial score (nSPS) is 12.2. The van der Waals surface area contributed by atoms with Gasteiger partial charge in [-0.15, -0.1) is 11.6 Å². The Morgan fingerprint density at radius 3 is 2.50 bits per heavy atom. The van der Waals surface area contributed by atoms with Crippen LogP contribution in [0.4, 0.5) is 4.39 Å². The molecule has 0 N–H and O–H groups in total. The van der Waals surface area contributed by atoms with Gasteiger partial charge in [-0.05, 0) is 33.0 Å². The lowest BCUT2D eigenvalue weighted by molar-refractivity contribution is 0.169. The number of hydrogen-bond acceptors (Lipinski definition) is 1. The summed E-state index contributed by atoms with van der Waals surface area (Å²) < 4.78 is 13.6. The Kier molecular flexibility index (Phi) is 4.60. The van der Waals surface area contributed by atoms with E-state index in [0.29, 0.717) is 23.0 Å². The van der Waals surface area contributed by atoms with Crippen LogP contribution in [0.2, 0.25) is 5.02 Å². The first-order valence-corrected chi connectivity index (χ1v) is 6.00. The summed E-state index contributed by atoms with van der Waals surface area (Å²) >= 11 is 11.8. The van der Waals surface area contributed by atoms with E-state index in [0.717, 1.165) is 0 Å². The summed E-state index contributed by atoms with van der Waals surface area (Å²) in [7, 11) is 1.91. The number of alkyl halides is 1. The van der Waals surface area contributed by atoms with Crippen LogP contribution in [0.1, 0.15) is 19.4 Å². The zero-order chi connectivity index (χ0) is 12.3. The summed E-state index contributed by atoms with van der Waals surface area (Å²) in [5.41, 5.74) is 0.331. The minimum Gasteiger partial charge on any atom is -0.296 e. The van der Waals surface area contributed by atoms with Gasteiger partial charge in [0.2, 0.25) is 0 Å². The standard InChI is InChI=1S/C12H16Cl2FN/c1-12(2,8-13)16(3)7-9-10(14)5-4-6-11(9)15/h4-6H,7-8H2,1-3H3. The first-order valence-electron chi connectivity index (χ1n) is 5.08. The largest absolute Gasteiger partial charge is 0.296 e. The van der Waals surface area contributed by atoms with Gasteiger partial charge in [0, 0.05) is 28.5 Å². The van der Waals surface area contributed by atoms with Crippen molar-refractivity contribution in [1.29, 1.82) is 0 Å². The molecule has 0 aromatic heterocycles. The van der Waals surface area contributed by atoms with Crippen LogP contribution in [0, 0.1) is 5.82 Å². The van der Waals surface area contributed by atoms with Gasteiger partial charge in [0.15, 0.2) is 0 Å².